The van der Waals surface area contributed by atoms with Crippen LogP contribution in [0.15, 0.2) is 11.6 Å². The number of aromatic nitrogens is 3. The molecule has 2 aromatic heterocycles. The SMILES string of the molecule is CCOC(=O)c1nc(-c2nccs2)[nH]c1C1CCC1. The van der Waals surface area contributed by atoms with E-state index >= 15 is 0 Å². The van der Waals surface area contributed by atoms with Crippen molar-refractivity contribution in [1.29, 1.82) is 0 Å². The zero-order chi connectivity index (χ0) is 13.2. The second-order valence-electron chi connectivity index (χ2n) is 4.53. The molecule has 0 bridgehead atoms. The number of carbonyl (C=O) groups excluding carboxylic acids is 1. The number of esters is 1. The summed E-state index contributed by atoms with van der Waals surface area (Å²) >= 11 is 1.50. The fourth-order valence-corrected chi connectivity index (χ4v) is 2.76. The lowest BCUT2D eigenvalue weighted by Gasteiger charge is -2.24. The van der Waals surface area contributed by atoms with Crippen molar-refractivity contribution >= 4 is 17.3 Å². The van der Waals surface area contributed by atoms with Gasteiger partial charge in [0, 0.05) is 17.5 Å². The maximum Gasteiger partial charge on any atom is 0.358 e. The molecule has 3 rings (SSSR count). The molecule has 0 atom stereocenters. The number of nitrogens with zero attached hydrogens (tertiary/aromatic N) is 2. The standard InChI is InChI=1S/C13H15N3O2S/c1-2-18-13(17)10-9(8-4-3-5-8)15-11(16-10)12-14-6-7-19-12/h6-8H,2-5H2,1H3,(H,15,16). The Bertz CT molecular complexity index is 573. The van der Waals surface area contributed by atoms with Crippen molar-refractivity contribution in [1.82, 2.24) is 15.0 Å². The van der Waals surface area contributed by atoms with Crippen LogP contribution in [0.25, 0.3) is 10.8 Å². The lowest BCUT2D eigenvalue weighted by Crippen LogP contribution is -2.15. The number of ether oxygens (including phenoxy) is 1. The molecule has 1 fully saturated rings. The van der Waals surface area contributed by atoms with E-state index in [0.29, 0.717) is 24.0 Å². The van der Waals surface area contributed by atoms with E-state index in [1.807, 2.05) is 5.38 Å². The molecular weight excluding hydrogens is 262 g/mol. The Hall–Kier alpha value is -1.69. The molecule has 0 spiro atoms. The fourth-order valence-electron chi connectivity index (χ4n) is 2.18. The van der Waals surface area contributed by atoms with Crippen LogP contribution in [0.1, 0.15) is 48.3 Å². The van der Waals surface area contributed by atoms with E-state index in [1.165, 1.54) is 17.8 Å². The zero-order valence-corrected chi connectivity index (χ0v) is 11.5. The molecule has 1 saturated carbocycles. The van der Waals surface area contributed by atoms with Crippen molar-refractivity contribution in [3.05, 3.63) is 23.0 Å². The van der Waals surface area contributed by atoms with Gasteiger partial charge < -0.3 is 9.72 Å². The van der Waals surface area contributed by atoms with Crippen molar-refractivity contribution in [3.8, 4) is 10.8 Å². The Labute approximate surface area is 115 Å². The van der Waals surface area contributed by atoms with E-state index in [-0.39, 0.29) is 5.97 Å². The number of carbonyl (C=O) groups is 1. The van der Waals surface area contributed by atoms with Gasteiger partial charge in [-0.3, -0.25) is 0 Å². The molecule has 0 aromatic carbocycles. The van der Waals surface area contributed by atoms with Crippen LogP contribution in [-0.4, -0.2) is 27.5 Å². The first kappa shape index (κ1) is 12.3. The molecule has 1 N–H and O–H groups in total. The van der Waals surface area contributed by atoms with E-state index in [2.05, 4.69) is 15.0 Å². The molecule has 0 saturated heterocycles. The van der Waals surface area contributed by atoms with Crippen LogP contribution in [0.5, 0.6) is 0 Å². The first-order valence-electron chi connectivity index (χ1n) is 6.46. The number of imidazole rings is 1. The molecule has 1 aliphatic rings. The maximum atomic E-state index is 12.0. The van der Waals surface area contributed by atoms with Gasteiger partial charge in [-0.05, 0) is 19.8 Å². The highest BCUT2D eigenvalue weighted by Gasteiger charge is 2.29. The second kappa shape index (κ2) is 5.13. The number of nitrogens with one attached hydrogen (secondary N) is 1. The quantitative estimate of drug-likeness (QED) is 0.872. The number of H-pyrrole nitrogens is 1. The van der Waals surface area contributed by atoms with Gasteiger partial charge in [0.05, 0.1) is 12.3 Å². The molecule has 19 heavy (non-hydrogen) atoms. The number of rotatable bonds is 4. The summed E-state index contributed by atoms with van der Waals surface area (Å²) in [5.74, 6) is 0.726. The van der Waals surface area contributed by atoms with E-state index in [0.717, 1.165) is 23.5 Å². The van der Waals surface area contributed by atoms with Gasteiger partial charge in [-0.1, -0.05) is 6.42 Å². The lowest BCUT2D eigenvalue weighted by atomic mass is 9.82. The minimum absolute atomic E-state index is 0.344. The predicted molar refractivity (Wildman–Crippen MR) is 72.2 cm³/mol. The first-order valence-corrected chi connectivity index (χ1v) is 7.34. The van der Waals surface area contributed by atoms with Gasteiger partial charge in [-0.25, -0.2) is 14.8 Å². The van der Waals surface area contributed by atoms with E-state index in [9.17, 15) is 4.79 Å². The highest BCUT2D eigenvalue weighted by Crippen LogP contribution is 2.38. The van der Waals surface area contributed by atoms with Crippen molar-refractivity contribution in [2.45, 2.75) is 32.1 Å². The first-order chi connectivity index (χ1) is 9.29. The van der Waals surface area contributed by atoms with Gasteiger partial charge in [0.15, 0.2) is 16.5 Å². The van der Waals surface area contributed by atoms with E-state index in [1.54, 1.807) is 13.1 Å². The molecule has 0 radical (unpaired) electrons. The third kappa shape index (κ3) is 2.28. The molecular formula is C13H15N3O2S. The molecule has 1 aliphatic carbocycles. The summed E-state index contributed by atoms with van der Waals surface area (Å²) in [6.45, 7) is 2.16. The Morgan fingerprint density at radius 2 is 2.42 bits per heavy atom. The summed E-state index contributed by atoms with van der Waals surface area (Å²) in [6, 6.07) is 0. The van der Waals surface area contributed by atoms with Gasteiger partial charge in [-0.15, -0.1) is 11.3 Å². The Balaban J connectivity index is 1.98. The van der Waals surface area contributed by atoms with Crippen LogP contribution in [0.3, 0.4) is 0 Å². The highest BCUT2D eigenvalue weighted by molar-refractivity contribution is 7.13. The number of hydrogen-bond donors (Lipinski definition) is 1. The fraction of sp³-hybridized carbons (Fsp3) is 0.462. The van der Waals surface area contributed by atoms with Gasteiger partial charge in [0.25, 0.3) is 0 Å². The lowest BCUT2D eigenvalue weighted by molar-refractivity contribution is 0.0517. The van der Waals surface area contributed by atoms with Crippen molar-refractivity contribution in [2.24, 2.45) is 0 Å². The summed E-state index contributed by atoms with van der Waals surface area (Å²) < 4.78 is 5.08. The molecule has 100 valence electrons. The summed E-state index contributed by atoms with van der Waals surface area (Å²) in [5.41, 5.74) is 1.34. The maximum absolute atomic E-state index is 12.0. The van der Waals surface area contributed by atoms with Gasteiger partial charge in [-0.2, -0.15) is 0 Å². The molecule has 2 heterocycles. The zero-order valence-electron chi connectivity index (χ0n) is 10.7. The van der Waals surface area contributed by atoms with E-state index < -0.39 is 0 Å². The van der Waals surface area contributed by atoms with Gasteiger partial charge >= 0.3 is 5.97 Å². The van der Waals surface area contributed by atoms with Crippen molar-refractivity contribution in [2.75, 3.05) is 6.61 Å². The smallest absolute Gasteiger partial charge is 0.358 e. The summed E-state index contributed by atoms with van der Waals surface area (Å²) in [7, 11) is 0. The van der Waals surface area contributed by atoms with E-state index in [4.69, 9.17) is 4.74 Å². The molecule has 2 aromatic rings. The predicted octanol–water partition coefficient (Wildman–Crippen LogP) is 2.98. The Morgan fingerprint density at radius 1 is 1.58 bits per heavy atom. The third-order valence-corrected chi connectivity index (χ3v) is 4.13. The molecule has 0 aliphatic heterocycles. The Morgan fingerprint density at radius 3 is 3.00 bits per heavy atom. The normalized spacial score (nSPS) is 15.2. The van der Waals surface area contributed by atoms with Crippen LogP contribution in [0.4, 0.5) is 0 Å². The number of aromatic amines is 1. The summed E-state index contributed by atoms with van der Waals surface area (Å²) in [4.78, 5) is 23.8. The molecule has 6 heteroatoms. The number of thiazole rings is 1. The van der Waals surface area contributed by atoms with Crippen LogP contribution in [0, 0.1) is 0 Å². The van der Waals surface area contributed by atoms with Crippen molar-refractivity contribution < 1.29 is 9.53 Å². The largest absolute Gasteiger partial charge is 0.461 e. The molecule has 0 unspecified atom stereocenters. The van der Waals surface area contributed by atoms with Crippen LogP contribution in [0.2, 0.25) is 0 Å². The average molecular weight is 277 g/mol. The van der Waals surface area contributed by atoms with Crippen LogP contribution < -0.4 is 0 Å². The highest BCUT2D eigenvalue weighted by atomic mass is 32.1. The second-order valence-corrected chi connectivity index (χ2v) is 5.43. The summed E-state index contributed by atoms with van der Waals surface area (Å²) in [6.07, 6.45) is 5.14. The van der Waals surface area contributed by atoms with Gasteiger partial charge in [0.1, 0.15) is 0 Å². The Kier molecular flexibility index (Phi) is 3.33. The van der Waals surface area contributed by atoms with Gasteiger partial charge in [0.2, 0.25) is 0 Å². The monoisotopic (exact) mass is 277 g/mol. The van der Waals surface area contributed by atoms with Crippen molar-refractivity contribution in [3.63, 3.8) is 0 Å². The minimum atomic E-state index is -0.344. The minimum Gasteiger partial charge on any atom is -0.461 e. The van der Waals surface area contributed by atoms with Crippen LogP contribution >= 0.6 is 11.3 Å². The summed E-state index contributed by atoms with van der Waals surface area (Å²) in [5, 5.41) is 2.70. The molecule has 0 amide bonds. The molecule has 5 nitrogen and oxygen atoms in total. The van der Waals surface area contributed by atoms with Crippen LogP contribution in [-0.2, 0) is 4.74 Å². The average Bonchev–Trinajstić information content (AvgIpc) is 2.94. The third-order valence-electron chi connectivity index (χ3n) is 3.35. The number of hydrogen-bond acceptors (Lipinski definition) is 5. The topological polar surface area (TPSA) is 67.9 Å².